The summed E-state index contributed by atoms with van der Waals surface area (Å²) >= 11 is 0. The number of aliphatic carboxylic acids is 3. The van der Waals surface area contributed by atoms with Crippen molar-refractivity contribution in [3.8, 4) is 11.4 Å². The van der Waals surface area contributed by atoms with Crippen LogP contribution in [-0.4, -0.2) is 140 Å². The van der Waals surface area contributed by atoms with E-state index in [9.17, 15) is 34.8 Å². The molecule has 2 aromatic heterocycles. The molecule has 210 valence electrons. The minimum absolute atomic E-state index is 0.210. The number of aliphatic hydroxyl groups is 1. The fourth-order valence-electron chi connectivity index (χ4n) is 5.32. The largest absolute Gasteiger partial charge is 0.480 e. The molecule has 13 nitrogen and oxygen atoms in total. The van der Waals surface area contributed by atoms with Gasteiger partial charge in [0.05, 0.1) is 37.1 Å². The van der Waals surface area contributed by atoms with Gasteiger partial charge in [0.15, 0.2) is 0 Å². The molecule has 1 aliphatic carbocycles. The van der Waals surface area contributed by atoms with Crippen LogP contribution in [0.5, 0.6) is 0 Å². The number of carboxylic acids is 3. The van der Waals surface area contributed by atoms with E-state index in [0.29, 0.717) is 69.3 Å². The average Bonchev–Trinajstić information content (AvgIpc) is 2.89. The van der Waals surface area contributed by atoms with Gasteiger partial charge in [-0.15, -0.1) is 0 Å². The van der Waals surface area contributed by atoms with Gasteiger partial charge in [-0.25, -0.2) is 0 Å². The third kappa shape index (κ3) is 7.34. The molecule has 0 aromatic carbocycles. The van der Waals surface area contributed by atoms with E-state index in [-0.39, 0.29) is 19.6 Å². The molecule has 0 amide bonds. The Hall–Kier alpha value is -3.49. The molecular formula is C26H34N6O7. The SMILES string of the molecule is O=C(O)CN1CCN(CC(=O)O)CCN(C2c3cccnc3-c3ncccc3C2O)CCN(CC(=O)O)CC1. The molecule has 0 bridgehead atoms. The van der Waals surface area contributed by atoms with Gasteiger partial charge in [0.2, 0.25) is 0 Å². The van der Waals surface area contributed by atoms with Gasteiger partial charge in [0.1, 0.15) is 6.10 Å². The van der Waals surface area contributed by atoms with Crippen LogP contribution >= 0.6 is 0 Å². The first-order chi connectivity index (χ1) is 18.7. The smallest absolute Gasteiger partial charge is 0.317 e. The zero-order valence-corrected chi connectivity index (χ0v) is 21.6. The summed E-state index contributed by atoms with van der Waals surface area (Å²) < 4.78 is 0. The highest BCUT2D eigenvalue weighted by Crippen LogP contribution is 2.45. The van der Waals surface area contributed by atoms with E-state index in [1.54, 1.807) is 39.2 Å². The molecule has 0 spiro atoms. The van der Waals surface area contributed by atoms with E-state index >= 15 is 0 Å². The molecule has 13 heteroatoms. The van der Waals surface area contributed by atoms with Crippen LogP contribution in [0, 0.1) is 0 Å². The number of carbonyl (C=O) groups is 3. The number of nitrogens with zero attached hydrogens (tertiary/aromatic N) is 6. The number of hydrogen-bond acceptors (Lipinski definition) is 10. The van der Waals surface area contributed by atoms with Crippen molar-refractivity contribution in [3.63, 3.8) is 0 Å². The van der Waals surface area contributed by atoms with Crippen LogP contribution in [0.1, 0.15) is 23.3 Å². The maximum Gasteiger partial charge on any atom is 0.317 e. The van der Waals surface area contributed by atoms with Crippen molar-refractivity contribution < 1.29 is 34.8 Å². The zero-order valence-electron chi connectivity index (χ0n) is 21.6. The monoisotopic (exact) mass is 542 g/mol. The molecule has 2 aliphatic rings. The van der Waals surface area contributed by atoms with E-state index in [1.165, 1.54) is 0 Å². The number of pyridine rings is 2. The van der Waals surface area contributed by atoms with E-state index in [2.05, 4.69) is 14.9 Å². The van der Waals surface area contributed by atoms with Crippen LogP contribution in [0.4, 0.5) is 0 Å². The normalized spacial score (nSPS) is 22.2. The lowest BCUT2D eigenvalue weighted by molar-refractivity contribution is -0.140. The number of aromatic nitrogens is 2. The van der Waals surface area contributed by atoms with Crippen molar-refractivity contribution in [1.29, 1.82) is 0 Å². The second kappa shape index (κ2) is 13.0. The van der Waals surface area contributed by atoms with E-state index in [4.69, 9.17) is 0 Å². The third-order valence-corrected chi connectivity index (χ3v) is 7.18. The summed E-state index contributed by atoms with van der Waals surface area (Å²) in [7, 11) is 0. The Balaban J connectivity index is 1.65. The molecule has 3 heterocycles. The highest BCUT2D eigenvalue weighted by atomic mass is 16.4. The molecule has 0 radical (unpaired) electrons. The Bertz CT molecular complexity index is 1150. The number of hydrogen-bond donors (Lipinski definition) is 4. The molecular weight excluding hydrogens is 508 g/mol. The molecule has 1 saturated heterocycles. The van der Waals surface area contributed by atoms with E-state index in [1.807, 2.05) is 12.1 Å². The van der Waals surface area contributed by atoms with Gasteiger partial charge in [-0.2, -0.15) is 0 Å². The molecule has 2 aromatic rings. The van der Waals surface area contributed by atoms with Crippen molar-refractivity contribution in [2.75, 3.05) is 72.0 Å². The predicted molar refractivity (Wildman–Crippen MR) is 139 cm³/mol. The number of aliphatic hydroxyl groups excluding tert-OH is 1. The van der Waals surface area contributed by atoms with E-state index < -0.39 is 30.1 Å². The number of fused-ring (bicyclic) bond motifs is 3. The van der Waals surface area contributed by atoms with Crippen molar-refractivity contribution in [2.24, 2.45) is 0 Å². The minimum atomic E-state index is -1.00. The summed E-state index contributed by atoms with van der Waals surface area (Å²) in [6.45, 7) is 2.12. The Morgan fingerprint density at radius 3 is 1.49 bits per heavy atom. The summed E-state index contributed by atoms with van der Waals surface area (Å²) in [5.74, 6) is -2.98. The highest BCUT2D eigenvalue weighted by Gasteiger charge is 2.38. The van der Waals surface area contributed by atoms with Gasteiger partial charge in [0.25, 0.3) is 0 Å². The van der Waals surface area contributed by atoms with Crippen LogP contribution in [0.15, 0.2) is 36.7 Å². The third-order valence-electron chi connectivity index (χ3n) is 7.18. The van der Waals surface area contributed by atoms with Gasteiger partial charge in [-0.05, 0) is 12.1 Å². The average molecular weight is 543 g/mol. The molecule has 4 rings (SSSR count). The van der Waals surface area contributed by atoms with Crippen LogP contribution < -0.4 is 0 Å². The summed E-state index contributed by atoms with van der Waals surface area (Å²) in [5.41, 5.74) is 2.73. The first-order valence-corrected chi connectivity index (χ1v) is 12.9. The molecule has 39 heavy (non-hydrogen) atoms. The Kier molecular flexibility index (Phi) is 9.54. The van der Waals surface area contributed by atoms with Crippen molar-refractivity contribution in [3.05, 3.63) is 47.8 Å². The lowest BCUT2D eigenvalue weighted by Crippen LogP contribution is -2.49. The Labute approximate surface area is 225 Å². The zero-order chi connectivity index (χ0) is 27.9. The second-order valence-corrected chi connectivity index (χ2v) is 9.82. The van der Waals surface area contributed by atoms with Gasteiger partial charge < -0.3 is 20.4 Å². The molecule has 1 aliphatic heterocycles. The molecule has 1 fully saturated rings. The summed E-state index contributed by atoms with van der Waals surface area (Å²) in [4.78, 5) is 50.9. The first kappa shape index (κ1) is 28.5. The Morgan fingerprint density at radius 1 is 0.667 bits per heavy atom. The Morgan fingerprint density at radius 2 is 1.05 bits per heavy atom. The van der Waals surface area contributed by atoms with E-state index in [0.717, 1.165) is 5.56 Å². The first-order valence-electron chi connectivity index (χ1n) is 12.9. The summed E-state index contributed by atoms with van der Waals surface area (Å²) in [5, 5.41) is 39.9. The van der Waals surface area contributed by atoms with Crippen molar-refractivity contribution in [1.82, 2.24) is 29.6 Å². The summed E-state index contributed by atoms with van der Waals surface area (Å²) in [6, 6.07) is 6.77. The standard InChI is InChI=1S/C26H34N6O7/c33-20(34)15-29-7-9-30(16-21(35)36)11-13-32(14-12-31(10-8-29)17-22(37)38)25-18-3-1-5-27-23(18)24-19(26(25)39)4-2-6-28-24/h1-6,25-26,39H,7-17H2,(H,33,34)(H,35,36)(H,37,38). The lowest BCUT2D eigenvalue weighted by atomic mass is 9.85. The van der Waals surface area contributed by atoms with Crippen LogP contribution in [0.25, 0.3) is 11.4 Å². The summed E-state index contributed by atoms with van der Waals surface area (Å²) in [6.07, 6.45) is 2.40. The quantitative estimate of drug-likeness (QED) is 0.360. The van der Waals surface area contributed by atoms with Gasteiger partial charge in [0, 0.05) is 75.9 Å². The van der Waals surface area contributed by atoms with Gasteiger partial charge >= 0.3 is 17.9 Å². The molecule has 0 saturated carbocycles. The maximum absolute atomic E-state index is 11.6. The van der Waals surface area contributed by atoms with Gasteiger partial charge in [-0.3, -0.25) is 44.0 Å². The maximum atomic E-state index is 11.6. The van der Waals surface area contributed by atoms with Gasteiger partial charge in [-0.1, -0.05) is 12.1 Å². The van der Waals surface area contributed by atoms with Crippen LogP contribution in [0.3, 0.4) is 0 Å². The molecule has 2 atom stereocenters. The fourth-order valence-corrected chi connectivity index (χ4v) is 5.32. The predicted octanol–water partition coefficient (Wildman–Crippen LogP) is -0.293. The van der Waals surface area contributed by atoms with Crippen molar-refractivity contribution in [2.45, 2.75) is 12.1 Å². The molecule has 4 N–H and O–H groups in total. The fraction of sp³-hybridized carbons (Fsp3) is 0.500. The highest BCUT2D eigenvalue weighted by molar-refractivity contribution is 5.70. The second-order valence-electron chi connectivity index (χ2n) is 9.82. The lowest BCUT2D eigenvalue weighted by Gasteiger charge is -2.41. The minimum Gasteiger partial charge on any atom is -0.480 e. The number of carboxylic acid groups (broad SMARTS) is 3. The van der Waals surface area contributed by atoms with Crippen LogP contribution in [0.2, 0.25) is 0 Å². The van der Waals surface area contributed by atoms with Crippen molar-refractivity contribution >= 4 is 17.9 Å². The number of rotatable bonds is 7. The topological polar surface area (TPSA) is 171 Å². The molecule has 2 unspecified atom stereocenters. The van der Waals surface area contributed by atoms with Crippen LogP contribution in [-0.2, 0) is 14.4 Å².